The standard InChI is InChI=1S/C30H39ClN2O4/c1-5-7-21-14-24(31)11-12-25(21)23-18-33(17-20-8-6-9-20)27-15-22(10-13-28(27)37-19-23)26(30(35)36-4)16-29(34)32(2)3/h10-15,20,23,26H,5-9,16-19H2,1-4H3/t23-,26+/m0/s1. The fraction of sp³-hybridized carbons (Fsp3) is 0.533. The first-order valence-electron chi connectivity index (χ1n) is 13.4. The highest BCUT2D eigenvalue weighted by atomic mass is 35.5. The summed E-state index contributed by atoms with van der Waals surface area (Å²) in [5.41, 5.74) is 4.34. The van der Waals surface area contributed by atoms with Crippen molar-refractivity contribution >= 4 is 29.2 Å². The van der Waals surface area contributed by atoms with Crippen LogP contribution in [0.1, 0.15) is 67.6 Å². The lowest BCUT2D eigenvalue weighted by Crippen LogP contribution is -2.35. The van der Waals surface area contributed by atoms with Gasteiger partial charge in [0.05, 0.1) is 25.3 Å². The maximum absolute atomic E-state index is 12.7. The normalized spacial score (nSPS) is 18.2. The van der Waals surface area contributed by atoms with Gasteiger partial charge < -0.3 is 19.3 Å². The molecule has 1 heterocycles. The molecule has 1 saturated carbocycles. The monoisotopic (exact) mass is 526 g/mol. The van der Waals surface area contributed by atoms with Crippen LogP contribution in [0.25, 0.3) is 0 Å². The predicted octanol–water partition coefficient (Wildman–Crippen LogP) is 5.81. The number of rotatable bonds is 9. The van der Waals surface area contributed by atoms with E-state index in [2.05, 4.69) is 24.0 Å². The van der Waals surface area contributed by atoms with Crippen LogP contribution in [0.15, 0.2) is 36.4 Å². The minimum absolute atomic E-state index is 0.0652. The van der Waals surface area contributed by atoms with Crippen LogP contribution in [0.3, 0.4) is 0 Å². The van der Waals surface area contributed by atoms with Crippen LogP contribution in [0.4, 0.5) is 5.69 Å². The van der Waals surface area contributed by atoms with E-state index in [1.807, 2.05) is 24.3 Å². The molecule has 2 aromatic rings. The second-order valence-electron chi connectivity index (χ2n) is 10.6. The number of carbonyl (C=O) groups is 2. The van der Waals surface area contributed by atoms with Gasteiger partial charge in [0, 0.05) is 44.5 Å². The molecule has 0 unspecified atom stereocenters. The summed E-state index contributed by atoms with van der Waals surface area (Å²) in [6, 6.07) is 12.1. The van der Waals surface area contributed by atoms with E-state index < -0.39 is 11.9 Å². The number of esters is 1. The lowest BCUT2D eigenvalue weighted by Gasteiger charge is -2.35. The molecule has 200 valence electrons. The van der Waals surface area contributed by atoms with Gasteiger partial charge in [-0.15, -0.1) is 0 Å². The van der Waals surface area contributed by atoms with Crippen LogP contribution in [-0.2, 0) is 20.7 Å². The van der Waals surface area contributed by atoms with E-state index in [1.54, 1.807) is 14.1 Å². The Balaban J connectivity index is 1.69. The molecular weight excluding hydrogens is 488 g/mol. The Morgan fingerprint density at radius 1 is 1.19 bits per heavy atom. The van der Waals surface area contributed by atoms with Gasteiger partial charge in [-0.2, -0.15) is 0 Å². The molecule has 0 aromatic heterocycles. The molecule has 1 aliphatic carbocycles. The number of nitrogens with zero attached hydrogens (tertiary/aromatic N) is 2. The van der Waals surface area contributed by atoms with Crippen molar-refractivity contribution in [2.75, 3.05) is 45.8 Å². The summed E-state index contributed by atoms with van der Waals surface area (Å²) < 4.78 is 11.5. The molecule has 2 aromatic carbocycles. The zero-order valence-electron chi connectivity index (χ0n) is 22.5. The third-order valence-corrected chi connectivity index (χ3v) is 7.97. The SMILES string of the molecule is CCCc1cc(Cl)ccc1[C@@H]1COc2ccc([C@@H](CC(=O)N(C)C)C(=O)OC)cc2N(CC2CCC2)C1. The van der Waals surface area contributed by atoms with Crippen LogP contribution >= 0.6 is 11.6 Å². The molecule has 0 bridgehead atoms. The van der Waals surface area contributed by atoms with Crippen LogP contribution in [-0.4, -0.2) is 57.7 Å². The summed E-state index contributed by atoms with van der Waals surface area (Å²) >= 11 is 6.35. The number of benzene rings is 2. The van der Waals surface area contributed by atoms with E-state index in [0.29, 0.717) is 12.5 Å². The van der Waals surface area contributed by atoms with Gasteiger partial charge in [0.2, 0.25) is 5.91 Å². The second kappa shape index (κ2) is 12.2. The molecule has 6 nitrogen and oxygen atoms in total. The molecule has 4 rings (SSSR count). The summed E-state index contributed by atoms with van der Waals surface area (Å²) in [5, 5.41) is 0.766. The van der Waals surface area contributed by atoms with Gasteiger partial charge in [0.15, 0.2) is 0 Å². The molecule has 1 aliphatic heterocycles. The quantitative estimate of drug-likeness (QED) is 0.386. The Labute approximate surface area is 225 Å². The zero-order valence-corrected chi connectivity index (χ0v) is 23.2. The first-order chi connectivity index (χ1) is 17.8. The van der Waals surface area contributed by atoms with Crippen LogP contribution in [0.2, 0.25) is 5.02 Å². The van der Waals surface area contributed by atoms with Crippen molar-refractivity contribution in [2.24, 2.45) is 5.92 Å². The number of halogens is 1. The maximum Gasteiger partial charge on any atom is 0.313 e. The number of fused-ring (bicyclic) bond motifs is 1. The van der Waals surface area contributed by atoms with E-state index >= 15 is 0 Å². The Morgan fingerprint density at radius 3 is 2.62 bits per heavy atom. The van der Waals surface area contributed by atoms with Crippen molar-refractivity contribution in [3.63, 3.8) is 0 Å². The Kier molecular flexibility index (Phi) is 9.01. The molecule has 1 amide bonds. The Morgan fingerprint density at radius 2 is 1.97 bits per heavy atom. The number of carbonyl (C=O) groups excluding carboxylic acids is 2. The first kappa shape index (κ1) is 27.3. The average molecular weight is 527 g/mol. The highest BCUT2D eigenvalue weighted by Gasteiger charge is 2.32. The zero-order chi connectivity index (χ0) is 26.5. The minimum atomic E-state index is -0.665. The first-order valence-corrected chi connectivity index (χ1v) is 13.8. The Hall–Kier alpha value is -2.73. The highest BCUT2D eigenvalue weighted by molar-refractivity contribution is 6.30. The number of methoxy groups -OCH3 is 1. The van der Waals surface area contributed by atoms with Crippen molar-refractivity contribution in [2.45, 2.75) is 57.3 Å². The van der Waals surface area contributed by atoms with E-state index in [0.717, 1.165) is 48.0 Å². The third-order valence-electron chi connectivity index (χ3n) is 7.74. The van der Waals surface area contributed by atoms with E-state index in [9.17, 15) is 9.59 Å². The van der Waals surface area contributed by atoms with Gasteiger partial charge in [0.25, 0.3) is 0 Å². The minimum Gasteiger partial charge on any atom is -0.491 e. The molecule has 37 heavy (non-hydrogen) atoms. The molecule has 7 heteroatoms. The van der Waals surface area contributed by atoms with Crippen molar-refractivity contribution in [3.05, 3.63) is 58.1 Å². The molecule has 0 saturated heterocycles. The molecule has 1 fully saturated rings. The van der Waals surface area contributed by atoms with Crippen LogP contribution in [0, 0.1) is 5.92 Å². The van der Waals surface area contributed by atoms with Crippen molar-refractivity contribution in [1.29, 1.82) is 0 Å². The number of amides is 1. The number of aryl methyl sites for hydroxylation is 1. The van der Waals surface area contributed by atoms with Gasteiger partial charge in [-0.3, -0.25) is 9.59 Å². The number of anilines is 1. The summed E-state index contributed by atoms with van der Waals surface area (Å²) in [4.78, 5) is 29.2. The average Bonchev–Trinajstić information content (AvgIpc) is 3.03. The van der Waals surface area contributed by atoms with Crippen molar-refractivity contribution in [3.8, 4) is 5.75 Å². The predicted molar refractivity (Wildman–Crippen MR) is 148 cm³/mol. The maximum atomic E-state index is 12.7. The van der Waals surface area contributed by atoms with Gasteiger partial charge in [-0.05, 0) is 66.1 Å². The smallest absolute Gasteiger partial charge is 0.313 e. The molecular formula is C30H39ClN2O4. The lowest BCUT2D eigenvalue weighted by molar-refractivity contribution is -0.145. The number of ether oxygens (including phenoxy) is 2. The summed E-state index contributed by atoms with van der Waals surface area (Å²) in [7, 11) is 4.77. The molecule has 0 radical (unpaired) electrons. The second-order valence-corrected chi connectivity index (χ2v) is 11.0. The van der Waals surface area contributed by atoms with E-state index in [4.69, 9.17) is 21.1 Å². The number of hydrogen-bond donors (Lipinski definition) is 0. The molecule has 2 atom stereocenters. The fourth-order valence-corrected chi connectivity index (χ4v) is 5.57. The number of hydrogen-bond acceptors (Lipinski definition) is 5. The van der Waals surface area contributed by atoms with Crippen LogP contribution in [0.5, 0.6) is 5.75 Å². The topological polar surface area (TPSA) is 59.1 Å². The molecule has 2 aliphatic rings. The lowest BCUT2D eigenvalue weighted by atomic mass is 9.84. The van der Waals surface area contributed by atoms with E-state index in [-0.39, 0.29) is 18.2 Å². The summed E-state index contributed by atoms with van der Waals surface area (Å²) in [5.74, 6) is 0.489. The van der Waals surface area contributed by atoms with Crippen LogP contribution < -0.4 is 9.64 Å². The fourth-order valence-electron chi connectivity index (χ4n) is 5.37. The highest BCUT2D eigenvalue weighted by Crippen LogP contribution is 2.40. The molecule has 0 spiro atoms. The summed E-state index contributed by atoms with van der Waals surface area (Å²) in [6.45, 7) is 4.54. The van der Waals surface area contributed by atoms with Crippen molar-refractivity contribution in [1.82, 2.24) is 4.90 Å². The van der Waals surface area contributed by atoms with Gasteiger partial charge in [-0.25, -0.2) is 0 Å². The molecule has 0 N–H and O–H groups in total. The van der Waals surface area contributed by atoms with E-state index in [1.165, 1.54) is 42.4 Å². The van der Waals surface area contributed by atoms with Gasteiger partial charge in [0.1, 0.15) is 5.75 Å². The van der Waals surface area contributed by atoms with Gasteiger partial charge >= 0.3 is 5.97 Å². The van der Waals surface area contributed by atoms with Gasteiger partial charge in [-0.1, -0.05) is 43.5 Å². The van der Waals surface area contributed by atoms with Crippen molar-refractivity contribution < 1.29 is 19.1 Å². The Bertz CT molecular complexity index is 1110. The largest absolute Gasteiger partial charge is 0.491 e. The summed E-state index contributed by atoms with van der Waals surface area (Å²) in [6.07, 6.45) is 5.85. The third kappa shape index (κ3) is 6.40.